The zero-order valence-electron chi connectivity index (χ0n) is 33.8. The van der Waals surface area contributed by atoms with Gasteiger partial charge in [-0.05, 0) is 119 Å². The Morgan fingerprint density at radius 2 is 0.726 bits per heavy atom. The number of nitrogens with zero attached hydrogens (tertiary/aromatic N) is 4. The van der Waals surface area contributed by atoms with E-state index in [-0.39, 0.29) is 0 Å². The molecule has 0 unspecified atom stereocenters. The van der Waals surface area contributed by atoms with Crippen LogP contribution in [0.1, 0.15) is 22.3 Å². The van der Waals surface area contributed by atoms with E-state index < -0.39 is 0 Å². The zero-order valence-corrected chi connectivity index (χ0v) is 33.8. The lowest BCUT2D eigenvalue weighted by molar-refractivity contribution is 0.665. The van der Waals surface area contributed by atoms with Gasteiger partial charge in [-0.2, -0.15) is 10.5 Å². The first kappa shape index (κ1) is 35.4. The smallest absolute Gasteiger partial charge is 0.159 e. The second kappa shape index (κ2) is 13.5. The maximum Gasteiger partial charge on any atom is 0.159 e. The van der Waals surface area contributed by atoms with Crippen LogP contribution in [-0.2, 0) is 0 Å². The van der Waals surface area contributed by atoms with Gasteiger partial charge in [-0.15, -0.1) is 0 Å². The number of furan rings is 2. The summed E-state index contributed by atoms with van der Waals surface area (Å²) in [6.45, 7) is 4.16. The first-order chi connectivity index (χ1) is 30.5. The van der Waals surface area contributed by atoms with Gasteiger partial charge in [0.05, 0.1) is 46.0 Å². The Hall–Kier alpha value is -8.58. The molecule has 0 saturated carbocycles. The van der Waals surface area contributed by atoms with Crippen molar-refractivity contribution < 1.29 is 8.83 Å². The van der Waals surface area contributed by atoms with Crippen molar-refractivity contribution in [1.82, 2.24) is 0 Å². The molecule has 6 heteroatoms. The maximum absolute atomic E-state index is 9.77. The van der Waals surface area contributed by atoms with E-state index in [1.54, 1.807) is 0 Å². The van der Waals surface area contributed by atoms with Crippen LogP contribution < -0.4 is 9.80 Å². The fraction of sp³-hybridized carbons (Fsp3) is 0.0357. The van der Waals surface area contributed by atoms with Crippen LogP contribution in [0.25, 0.3) is 76.2 Å². The van der Waals surface area contributed by atoms with Gasteiger partial charge < -0.3 is 18.6 Å². The second-order valence-corrected chi connectivity index (χ2v) is 16.0. The van der Waals surface area contributed by atoms with Gasteiger partial charge >= 0.3 is 0 Å². The molecule has 0 spiro atoms. The summed E-state index contributed by atoms with van der Waals surface area (Å²) in [4.78, 5) is 4.53. The molecule has 12 aromatic rings. The molecule has 10 aromatic carbocycles. The van der Waals surface area contributed by atoms with Crippen molar-refractivity contribution in [1.29, 1.82) is 10.5 Å². The van der Waals surface area contributed by atoms with Crippen molar-refractivity contribution in [3.8, 4) is 12.1 Å². The van der Waals surface area contributed by atoms with E-state index in [9.17, 15) is 10.5 Å². The Morgan fingerprint density at radius 1 is 0.355 bits per heavy atom. The number of fused-ring (bicyclic) bond motifs is 6. The summed E-state index contributed by atoms with van der Waals surface area (Å²) in [5, 5.41) is 30.5. The number of nitriles is 2. The van der Waals surface area contributed by atoms with Crippen molar-refractivity contribution >= 4 is 110 Å². The molecule has 6 nitrogen and oxygen atoms in total. The van der Waals surface area contributed by atoms with Crippen LogP contribution in [0.15, 0.2) is 179 Å². The van der Waals surface area contributed by atoms with E-state index in [1.165, 1.54) is 0 Å². The molecule has 0 aliphatic rings. The molecule has 0 amide bonds. The van der Waals surface area contributed by atoms with E-state index >= 15 is 0 Å². The summed E-state index contributed by atoms with van der Waals surface area (Å²) < 4.78 is 13.6. The van der Waals surface area contributed by atoms with Gasteiger partial charge in [0.2, 0.25) is 0 Å². The first-order valence-corrected chi connectivity index (χ1v) is 20.6. The molecule has 0 bridgehead atoms. The number of aryl methyl sites for hydroxylation is 2. The van der Waals surface area contributed by atoms with E-state index in [1.807, 2.05) is 48.5 Å². The summed E-state index contributed by atoms with van der Waals surface area (Å²) in [6.07, 6.45) is 0. The summed E-state index contributed by atoms with van der Waals surface area (Å²) >= 11 is 0. The standard InChI is InChI=1S/C56H34N4O2/c1-33-7-3-9-41-43-11-5-13-49(55(43)61-53(33)41)59(39-23-15-35(31-57)16-24-39)47-29-21-37-20-28-46-48(30-22-38-19-27-45(47)51(37)52(38)46)60(40-25-17-36(32-58)18-26-40)50-14-6-12-44-42-10-4-8-34(2)54(42)62-56(44)50/h3-30H,1-2H3. The summed E-state index contributed by atoms with van der Waals surface area (Å²) in [6, 6.07) is 63.0. The van der Waals surface area contributed by atoms with Crippen molar-refractivity contribution in [3.05, 3.63) is 192 Å². The van der Waals surface area contributed by atoms with Crippen LogP contribution in [0.4, 0.5) is 34.1 Å². The fourth-order valence-electron chi connectivity index (χ4n) is 9.59. The van der Waals surface area contributed by atoms with Gasteiger partial charge in [0.25, 0.3) is 0 Å². The van der Waals surface area contributed by atoms with Gasteiger partial charge in [-0.25, -0.2) is 0 Å². The zero-order chi connectivity index (χ0) is 41.6. The minimum atomic E-state index is 0.592. The Bertz CT molecular complexity index is 3610. The average Bonchev–Trinajstić information content (AvgIpc) is 3.91. The van der Waals surface area contributed by atoms with Crippen molar-refractivity contribution in [2.45, 2.75) is 13.8 Å². The molecule has 0 radical (unpaired) electrons. The molecule has 0 fully saturated rings. The van der Waals surface area contributed by atoms with Crippen molar-refractivity contribution in [2.24, 2.45) is 0 Å². The monoisotopic (exact) mass is 794 g/mol. The van der Waals surface area contributed by atoms with Crippen LogP contribution >= 0.6 is 0 Å². The number of rotatable bonds is 6. The number of hydrogen-bond donors (Lipinski definition) is 0. The Kier molecular flexibility index (Phi) is 7.69. The summed E-state index contributed by atoms with van der Waals surface area (Å²) in [7, 11) is 0. The highest BCUT2D eigenvalue weighted by molar-refractivity contribution is 6.28. The van der Waals surface area contributed by atoms with E-state index in [0.29, 0.717) is 11.1 Å². The largest absolute Gasteiger partial charge is 0.454 e. The molecular formula is C56H34N4O2. The lowest BCUT2D eigenvalue weighted by atomic mass is 9.91. The lowest BCUT2D eigenvalue weighted by Crippen LogP contribution is -2.12. The van der Waals surface area contributed by atoms with Gasteiger partial charge in [-0.3, -0.25) is 0 Å². The molecule has 290 valence electrons. The number of anilines is 6. The highest BCUT2D eigenvalue weighted by Gasteiger charge is 2.26. The van der Waals surface area contributed by atoms with E-state index in [4.69, 9.17) is 8.83 Å². The van der Waals surface area contributed by atoms with E-state index in [0.717, 1.165) is 121 Å². The highest BCUT2D eigenvalue weighted by Crippen LogP contribution is 2.50. The summed E-state index contributed by atoms with van der Waals surface area (Å²) in [5.41, 5.74) is 12.3. The molecule has 0 saturated heterocycles. The average molecular weight is 795 g/mol. The van der Waals surface area contributed by atoms with Crippen LogP contribution in [-0.4, -0.2) is 0 Å². The molecule has 62 heavy (non-hydrogen) atoms. The lowest BCUT2D eigenvalue weighted by Gasteiger charge is -2.29. The predicted octanol–water partition coefficient (Wildman–Crippen LogP) is 15.7. The normalized spacial score (nSPS) is 11.7. The molecule has 0 N–H and O–H groups in total. The molecule has 2 heterocycles. The predicted molar refractivity (Wildman–Crippen MR) is 253 cm³/mol. The highest BCUT2D eigenvalue weighted by atomic mass is 16.3. The number of para-hydroxylation sites is 4. The van der Waals surface area contributed by atoms with Crippen molar-refractivity contribution in [3.63, 3.8) is 0 Å². The van der Waals surface area contributed by atoms with Gasteiger partial charge in [0.15, 0.2) is 11.2 Å². The van der Waals surface area contributed by atoms with Crippen molar-refractivity contribution in [2.75, 3.05) is 9.80 Å². The molecule has 2 aromatic heterocycles. The Balaban J connectivity index is 1.13. The molecule has 0 aliphatic carbocycles. The molecule has 0 atom stereocenters. The third-order valence-electron chi connectivity index (χ3n) is 12.5. The third-order valence-corrected chi connectivity index (χ3v) is 12.5. The van der Waals surface area contributed by atoms with Crippen LogP contribution in [0.2, 0.25) is 0 Å². The molecule has 0 aliphatic heterocycles. The quantitative estimate of drug-likeness (QED) is 0.156. The maximum atomic E-state index is 9.77. The Labute approximate surface area is 356 Å². The number of benzene rings is 10. The Morgan fingerprint density at radius 3 is 1.13 bits per heavy atom. The third kappa shape index (κ3) is 5.14. The fourth-order valence-corrected chi connectivity index (χ4v) is 9.59. The van der Waals surface area contributed by atoms with Gasteiger partial charge in [0.1, 0.15) is 11.2 Å². The first-order valence-electron chi connectivity index (χ1n) is 20.6. The van der Waals surface area contributed by atoms with Crippen LogP contribution in [0.3, 0.4) is 0 Å². The van der Waals surface area contributed by atoms with Gasteiger partial charge in [-0.1, -0.05) is 97.1 Å². The number of hydrogen-bond acceptors (Lipinski definition) is 6. The second-order valence-electron chi connectivity index (χ2n) is 16.0. The minimum Gasteiger partial charge on any atom is -0.454 e. The topological polar surface area (TPSA) is 80.3 Å². The van der Waals surface area contributed by atoms with Crippen LogP contribution in [0, 0.1) is 36.5 Å². The molecule has 12 rings (SSSR count). The molecular weight excluding hydrogens is 761 g/mol. The SMILES string of the molecule is Cc1cccc2c1oc1c(N(c3ccc(C#N)cc3)c3ccc4ccc5c(N(c6ccc(C#N)cc6)c6cccc7c6oc6c(C)cccc67)ccc6ccc3c4c65)cccc12. The van der Waals surface area contributed by atoms with Crippen LogP contribution in [0.5, 0.6) is 0 Å². The summed E-state index contributed by atoms with van der Waals surface area (Å²) in [5.74, 6) is 0. The minimum absolute atomic E-state index is 0.592. The van der Waals surface area contributed by atoms with E-state index in [2.05, 4.69) is 157 Å². The van der Waals surface area contributed by atoms with Gasteiger partial charge in [0, 0.05) is 43.7 Å².